The molecular formula is C17H31N3OS. The molecule has 1 aliphatic rings. The quantitative estimate of drug-likeness (QED) is 0.783. The van der Waals surface area contributed by atoms with Gasteiger partial charge in [0.25, 0.3) is 0 Å². The van der Waals surface area contributed by atoms with Crippen LogP contribution in [0.4, 0.5) is 0 Å². The van der Waals surface area contributed by atoms with Gasteiger partial charge in [-0.25, -0.2) is 4.98 Å². The summed E-state index contributed by atoms with van der Waals surface area (Å²) in [5, 5.41) is 12.3. The average Bonchev–Trinajstić information content (AvgIpc) is 2.94. The molecule has 0 radical (unpaired) electrons. The highest BCUT2D eigenvalue weighted by Gasteiger charge is 2.20. The molecule has 1 saturated heterocycles. The average molecular weight is 326 g/mol. The van der Waals surface area contributed by atoms with Crippen LogP contribution in [-0.2, 0) is 12.0 Å². The Morgan fingerprint density at radius 3 is 2.36 bits per heavy atom. The number of hydrogen-bond donors (Lipinski definition) is 1. The number of aliphatic hydroxyl groups excluding tert-OH is 1. The zero-order chi connectivity index (χ0) is 16.0. The summed E-state index contributed by atoms with van der Waals surface area (Å²) in [5.74, 6) is 0. The van der Waals surface area contributed by atoms with Crippen molar-refractivity contribution < 1.29 is 5.11 Å². The van der Waals surface area contributed by atoms with Crippen LogP contribution in [0.1, 0.15) is 50.7 Å². The lowest BCUT2D eigenvalue weighted by Gasteiger charge is -2.34. The van der Waals surface area contributed by atoms with Crippen molar-refractivity contribution >= 4 is 11.3 Å². The molecule has 0 saturated carbocycles. The number of thiazole rings is 1. The van der Waals surface area contributed by atoms with Crippen molar-refractivity contribution in [3.63, 3.8) is 0 Å². The predicted molar refractivity (Wildman–Crippen MR) is 93.5 cm³/mol. The summed E-state index contributed by atoms with van der Waals surface area (Å²) in [7, 11) is 0. The van der Waals surface area contributed by atoms with Gasteiger partial charge in [-0.05, 0) is 25.8 Å². The van der Waals surface area contributed by atoms with Crippen LogP contribution in [0, 0.1) is 0 Å². The summed E-state index contributed by atoms with van der Waals surface area (Å²) in [4.78, 5) is 9.87. The maximum atomic E-state index is 8.80. The van der Waals surface area contributed by atoms with Crippen molar-refractivity contribution in [3.05, 3.63) is 16.1 Å². The predicted octanol–water partition coefficient (Wildman–Crippen LogP) is 2.72. The maximum Gasteiger partial charge on any atom is 0.0982 e. The fraction of sp³-hybridized carbons (Fsp3) is 0.824. The number of aromatic nitrogens is 1. The Hall–Kier alpha value is -0.490. The van der Waals surface area contributed by atoms with E-state index in [0.717, 1.165) is 45.6 Å². The molecule has 1 aromatic rings. The SMILES string of the molecule is CC(C)(C)c1nc(CN2CCN(CCCCCO)CC2)cs1. The fourth-order valence-electron chi connectivity index (χ4n) is 2.75. The highest BCUT2D eigenvalue weighted by atomic mass is 32.1. The molecule has 0 bridgehead atoms. The summed E-state index contributed by atoms with van der Waals surface area (Å²) in [6.45, 7) is 13.8. The van der Waals surface area contributed by atoms with Crippen molar-refractivity contribution in [3.8, 4) is 0 Å². The second-order valence-electron chi connectivity index (χ2n) is 7.30. The second-order valence-corrected chi connectivity index (χ2v) is 8.15. The molecule has 0 aliphatic carbocycles. The summed E-state index contributed by atoms with van der Waals surface area (Å²) in [5.41, 5.74) is 1.39. The van der Waals surface area contributed by atoms with Gasteiger partial charge in [0.1, 0.15) is 0 Å². The molecule has 1 N–H and O–H groups in total. The molecule has 126 valence electrons. The van der Waals surface area contributed by atoms with Crippen molar-refractivity contribution in [1.29, 1.82) is 0 Å². The summed E-state index contributed by atoms with van der Waals surface area (Å²) in [6, 6.07) is 0. The minimum Gasteiger partial charge on any atom is -0.396 e. The number of piperazine rings is 1. The van der Waals surface area contributed by atoms with Gasteiger partial charge >= 0.3 is 0 Å². The molecule has 1 fully saturated rings. The second kappa shape index (κ2) is 8.39. The van der Waals surface area contributed by atoms with Crippen molar-refractivity contribution in [2.24, 2.45) is 0 Å². The highest BCUT2D eigenvalue weighted by Crippen LogP contribution is 2.26. The number of nitrogens with zero attached hydrogens (tertiary/aromatic N) is 3. The van der Waals surface area contributed by atoms with E-state index in [4.69, 9.17) is 10.1 Å². The summed E-state index contributed by atoms with van der Waals surface area (Å²) >= 11 is 1.79. The van der Waals surface area contributed by atoms with Gasteiger partial charge in [-0.2, -0.15) is 0 Å². The van der Waals surface area contributed by atoms with Crippen LogP contribution in [0.25, 0.3) is 0 Å². The van der Waals surface area contributed by atoms with E-state index in [0.29, 0.717) is 6.61 Å². The highest BCUT2D eigenvalue weighted by molar-refractivity contribution is 7.09. The zero-order valence-corrected chi connectivity index (χ0v) is 15.2. The van der Waals surface area contributed by atoms with E-state index in [9.17, 15) is 0 Å². The molecule has 2 rings (SSSR count). The first-order valence-electron chi connectivity index (χ1n) is 8.49. The third-order valence-corrected chi connectivity index (χ3v) is 5.49. The first-order chi connectivity index (χ1) is 10.5. The molecule has 0 spiro atoms. The van der Waals surface area contributed by atoms with Gasteiger partial charge in [0.15, 0.2) is 0 Å². The Morgan fingerprint density at radius 2 is 1.77 bits per heavy atom. The minimum absolute atomic E-state index is 0.163. The standard InChI is InChI=1S/C17H31N3OS/c1-17(2,3)16-18-15(14-22-16)13-20-10-8-19(9-11-20)7-5-4-6-12-21/h14,21H,4-13H2,1-3H3. The summed E-state index contributed by atoms with van der Waals surface area (Å²) in [6.07, 6.45) is 3.30. The lowest BCUT2D eigenvalue weighted by atomic mass is 9.98. The third-order valence-electron chi connectivity index (χ3n) is 4.18. The molecular weight excluding hydrogens is 294 g/mol. The normalized spacial score (nSPS) is 18.0. The lowest BCUT2D eigenvalue weighted by molar-refractivity contribution is 0.124. The van der Waals surface area contributed by atoms with Crippen LogP contribution in [0.5, 0.6) is 0 Å². The van der Waals surface area contributed by atoms with Gasteiger partial charge in [0.2, 0.25) is 0 Å². The van der Waals surface area contributed by atoms with Crippen LogP contribution >= 0.6 is 11.3 Å². The Bertz CT molecular complexity index is 433. The zero-order valence-electron chi connectivity index (χ0n) is 14.3. The van der Waals surface area contributed by atoms with Gasteiger partial charge in [-0.1, -0.05) is 20.8 Å². The van der Waals surface area contributed by atoms with Crippen molar-refractivity contribution in [1.82, 2.24) is 14.8 Å². The van der Waals surface area contributed by atoms with E-state index in [-0.39, 0.29) is 5.41 Å². The van der Waals surface area contributed by atoms with Crippen molar-refractivity contribution in [2.75, 3.05) is 39.3 Å². The molecule has 2 heterocycles. The van der Waals surface area contributed by atoms with Gasteiger partial charge in [0.05, 0.1) is 10.7 Å². The van der Waals surface area contributed by atoms with E-state index in [2.05, 4.69) is 36.0 Å². The molecule has 22 heavy (non-hydrogen) atoms. The van der Waals surface area contributed by atoms with Crippen LogP contribution in [-0.4, -0.2) is 59.2 Å². The van der Waals surface area contributed by atoms with Gasteiger partial charge in [0, 0.05) is 50.1 Å². The lowest BCUT2D eigenvalue weighted by Crippen LogP contribution is -2.46. The molecule has 0 amide bonds. The van der Waals surface area contributed by atoms with E-state index >= 15 is 0 Å². The van der Waals surface area contributed by atoms with Crippen molar-refractivity contribution in [2.45, 2.75) is 52.0 Å². The van der Waals surface area contributed by atoms with Crippen LogP contribution in [0.3, 0.4) is 0 Å². The largest absolute Gasteiger partial charge is 0.396 e. The molecule has 0 unspecified atom stereocenters. The van der Waals surface area contributed by atoms with Gasteiger partial charge < -0.3 is 10.0 Å². The molecule has 4 nitrogen and oxygen atoms in total. The molecule has 0 atom stereocenters. The first kappa shape index (κ1) is 17.9. The van der Waals surface area contributed by atoms with E-state index < -0.39 is 0 Å². The first-order valence-corrected chi connectivity index (χ1v) is 9.37. The molecule has 1 aliphatic heterocycles. The third kappa shape index (κ3) is 5.61. The smallest absolute Gasteiger partial charge is 0.0982 e. The molecule has 5 heteroatoms. The van der Waals surface area contributed by atoms with Crippen LogP contribution in [0.15, 0.2) is 5.38 Å². The minimum atomic E-state index is 0.163. The van der Waals surface area contributed by atoms with E-state index in [1.165, 1.54) is 23.7 Å². The number of unbranched alkanes of at least 4 members (excludes halogenated alkanes) is 2. The maximum absolute atomic E-state index is 8.80. The molecule has 0 aromatic carbocycles. The monoisotopic (exact) mass is 325 g/mol. The topological polar surface area (TPSA) is 39.6 Å². The van der Waals surface area contributed by atoms with Crippen LogP contribution in [0.2, 0.25) is 0 Å². The number of rotatable bonds is 7. The summed E-state index contributed by atoms with van der Waals surface area (Å²) < 4.78 is 0. The Kier molecular flexibility index (Phi) is 6.81. The van der Waals surface area contributed by atoms with E-state index in [1.54, 1.807) is 11.3 Å². The fourth-order valence-corrected chi connectivity index (χ4v) is 3.65. The Labute approximate surface area is 139 Å². The number of aliphatic hydroxyl groups is 1. The number of hydrogen-bond acceptors (Lipinski definition) is 5. The van der Waals surface area contributed by atoms with Gasteiger partial charge in [-0.15, -0.1) is 11.3 Å². The Balaban J connectivity index is 1.70. The van der Waals surface area contributed by atoms with Crippen LogP contribution < -0.4 is 0 Å². The Morgan fingerprint density at radius 1 is 1.09 bits per heavy atom. The van der Waals surface area contributed by atoms with E-state index in [1.807, 2.05) is 0 Å². The molecule has 1 aromatic heterocycles. The van der Waals surface area contributed by atoms with Gasteiger partial charge in [-0.3, -0.25) is 4.90 Å².